The Morgan fingerprint density at radius 2 is 2.00 bits per heavy atom. The highest BCUT2D eigenvalue weighted by Gasteiger charge is 2.36. The largest absolute Gasteiger partial charge is 0.408 e. The zero-order valence-electron chi connectivity index (χ0n) is 14.9. The van der Waals surface area contributed by atoms with Crippen LogP contribution in [0, 0.1) is 19.7 Å². The molecule has 1 fully saturated rings. The molecule has 1 unspecified atom stereocenters. The lowest BCUT2D eigenvalue weighted by Crippen LogP contribution is -2.44. The first-order chi connectivity index (χ1) is 12.7. The molecule has 1 aromatic heterocycles. The number of alkyl halides is 3. The maximum atomic E-state index is 14.1. The lowest BCUT2D eigenvalue weighted by molar-refractivity contribution is -0.143. The van der Waals surface area contributed by atoms with Crippen molar-refractivity contribution in [1.29, 1.82) is 0 Å². The van der Waals surface area contributed by atoms with E-state index in [4.69, 9.17) is 4.74 Å². The van der Waals surface area contributed by atoms with Crippen molar-refractivity contribution in [3.63, 3.8) is 0 Å². The Hall–Kier alpha value is -2.42. The van der Waals surface area contributed by atoms with Crippen molar-refractivity contribution in [2.45, 2.75) is 32.6 Å². The van der Waals surface area contributed by atoms with E-state index >= 15 is 0 Å². The Balaban J connectivity index is 1.97. The van der Waals surface area contributed by atoms with Gasteiger partial charge in [-0.25, -0.2) is 4.39 Å². The summed E-state index contributed by atoms with van der Waals surface area (Å²) in [7, 11) is 0. The summed E-state index contributed by atoms with van der Waals surface area (Å²) in [6, 6.07) is 4.99. The second kappa shape index (κ2) is 7.30. The van der Waals surface area contributed by atoms with Gasteiger partial charge in [0, 0.05) is 17.8 Å². The first-order valence-corrected chi connectivity index (χ1v) is 8.43. The molecule has 1 saturated heterocycles. The lowest BCUT2D eigenvalue weighted by Gasteiger charge is -2.36. The topological polar surface area (TPSA) is 47.4 Å². The van der Waals surface area contributed by atoms with E-state index < -0.39 is 30.5 Å². The van der Waals surface area contributed by atoms with Gasteiger partial charge < -0.3 is 9.64 Å². The van der Waals surface area contributed by atoms with Crippen LogP contribution in [0.2, 0.25) is 0 Å². The molecule has 0 radical (unpaired) electrons. The number of aryl methyl sites for hydroxylation is 1. The van der Waals surface area contributed by atoms with Gasteiger partial charge in [-0.2, -0.15) is 18.3 Å². The number of hydrogen-bond donors (Lipinski definition) is 0. The molecule has 0 bridgehead atoms. The average molecular weight is 385 g/mol. The van der Waals surface area contributed by atoms with E-state index in [9.17, 15) is 22.4 Å². The summed E-state index contributed by atoms with van der Waals surface area (Å²) in [5, 5.41) is 3.98. The van der Waals surface area contributed by atoms with Gasteiger partial charge in [0.2, 0.25) is 0 Å². The van der Waals surface area contributed by atoms with Gasteiger partial charge in [0.25, 0.3) is 5.91 Å². The Labute approximate surface area is 153 Å². The molecule has 2 heterocycles. The van der Waals surface area contributed by atoms with Crippen LogP contribution in [0.4, 0.5) is 17.6 Å². The summed E-state index contributed by atoms with van der Waals surface area (Å²) in [6.07, 6.45) is -4.41. The summed E-state index contributed by atoms with van der Waals surface area (Å²) in [5.74, 6) is -1.17. The molecule has 1 aromatic carbocycles. The number of aromatic nitrogens is 2. The van der Waals surface area contributed by atoms with Crippen molar-refractivity contribution in [1.82, 2.24) is 14.7 Å². The number of morpholine rings is 1. The summed E-state index contributed by atoms with van der Waals surface area (Å²) in [4.78, 5) is 14.3. The number of benzene rings is 1. The molecule has 27 heavy (non-hydrogen) atoms. The molecular weight excluding hydrogens is 366 g/mol. The van der Waals surface area contributed by atoms with Gasteiger partial charge in [0.05, 0.1) is 30.5 Å². The van der Waals surface area contributed by atoms with Gasteiger partial charge in [-0.1, -0.05) is 12.1 Å². The molecule has 5 nitrogen and oxygen atoms in total. The van der Waals surface area contributed by atoms with E-state index in [-0.39, 0.29) is 25.3 Å². The van der Waals surface area contributed by atoms with Crippen molar-refractivity contribution in [2.24, 2.45) is 0 Å². The normalized spacial score (nSPS) is 18.0. The van der Waals surface area contributed by atoms with Crippen LogP contribution in [-0.2, 0) is 11.3 Å². The fourth-order valence-corrected chi connectivity index (χ4v) is 3.39. The molecule has 146 valence electrons. The Kier molecular flexibility index (Phi) is 5.23. The molecule has 0 saturated carbocycles. The summed E-state index contributed by atoms with van der Waals surface area (Å²) >= 11 is 0. The predicted octanol–water partition coefficient (Wildman–Crippen LogP) is 3.42. The van der Waals surface area contributed by atoms with Crippen LogP contribution >= 0.6 is 0 Å². The van der Waals surface area contributed by atoms with Gasteiger partial charge in [0.15, 0.2) is 0 Å². The number of amides is 1. The summed E-state index contributed by atoms with van der Waals surface area (Å²) < 4.78 is 58.7. The molecule has 1 atom stereocenters. The van der Waals surface area contributed by atoms with E-state index in [0.717, 1.165) is 4.68 Å². The van der Waals surface area contributed by atoms with Crippen LogP contribution in [0.15, 0.2) is 24.3 Å². The summed E-state index contributed by atoms with van der Waals surface area (Å²) in [6.45, 7) is 2.50. The molecule has 2 aromatic rings. The maximum absolute atomic E-state index is 14.1. The first kappa shape index (κ1) is 19.3. The number of hydrogen-bond acceptors (Lipinski definition) is 3. The highest BCUT2D eigenvalue weighted by molar-refractivity contribution is 5.94. The third kappa shape index (κ3) is 3.97. The second-order valence-corrected chi connectivity index (χ2v) is 6.43. The predicted molar refractivity (Wildman–Crippen MR) is 88.8 cm³/mol. The summed E-state index contributed by atoms with van der Waals surface area (Å²) in [5.41, 5.74) is 1.12. The minimum absolute atomic E-state index is 0.0811. The van der Waals surface area contributed by atoms with E-state index in [1.54, 1.807) is 13.0 Å². The Morgan fingerprint density at radius 1 is 1.30 bits per heavy atom. The van der Waals surface area contributed by atoms with Crippen molar-refractivity contribution in [2.75, 3.05) is 19.8 Å². The number of nitrogens with zero attached hydrogens (tertiary/aromatic N) is 3. The standard InChI is InChI=1S/C18H19F4N3O2/c1-11-16(12(2)25(23-11)10-18(20,21)22)15-9-27-8-7-24(15)17(26)13-5-3-4-6-14(13)19/h3-6,15H,7-10H2,1-2H3. The molecule has 0 N–H and O–H groups in total. The third-order valence-corrected chi connectivity index (χ3v) is 4.59. The molecule has 1 aliphatic heterocycles. The van der Waals surface area contributed by atoms with Crippen molar-refractivity contribution in [3.05, 3.63) is 52.6 Å². The minimum Gasteiger partial charge on any atom is -0.377 e. The van der Waals surface area contributed by atoms with Crippen LogP contribution in [0.1, 0.15) is 33.4 Å². The maximum Gasteiger partial charge on any atom is 0.408 e. The van der Waals surface area contributed by atoms with Crippen LogP contribution in [0.5, 0.6) is 0 Å². The quantitative estimate of drug-likeness (QED) is 0.761. The number of rotatable bonds is 3. The molecule has 9 heteroatoms. The zero-order chi connectivity index (χ0) is 19.8. The van der Waals surface area contributed by atoms with E-state index in [1.165, 1.54) is 30.0 Å². The lowest BCUT2D eigenvalue weighted by atomic mass is 10.0. The van der Waals surface area contributed by atoms with Gasteiger partial charge in [-0.05, 0) is 26.0 Å². The van der Waals surface area contributed by atoms with Crippen LogP contribution in [-0.4, -0.2) is 46.5 Å². The first-order valence-electron chi connectivity index (χ1n) is 8.43. The smallest absolute Gasteiger partial charge is 0.377 e. The fourth-order valence-electron chi connectivity index (χ4n) is 3.39. The second-order valence-electron chi connectivity index (χ2n) is 6.43. The van der Waals surface area contributed by atoms with Crippen LogP contribution < -0.4 is 0 Å². The minimum atomic E-state index is -4.41. The highest BCUT2D eigenvalue weighted by Crippen LogP contribution is 2.32. The monoisotopic (exact) mass is 385 g/mol. The molecule has 3 rings (SSSR count). The highest BCUT2D eigenvalue weighted by atomic mass is 19.4. The molecule has 1 aliphatic rings. The Morgan fingerprint density at radius 3 is 2.67 bits per heavy atom. The van der Waals surface area contributed by atoms with E-state index in [1.807, 2.05) is 0 Å². The van der Waals surface area contributed by atoms with Gasteiger partial charge in [-0.15, -0.1) is 0 Å². The van der Waals surface area contributed by atoms with Crippen molar-refractivity contribution in [3.8, 4) is 0 Å². The van der Waals surface area contributed by atoms with Crippen molar-refractivity contribution < 1.29 is 27.1 Å². The van der Waals surface area contributed by atoms with E-state index in [2.05, 4.69) is 5.10 Å². The van der Waals surface area contributed by atoms with Crippen molar-refractivity contribution >= 4 is 5.91 Å². The molecular formula is C18H19F4N3O2. The number of carbonyl (C=O) groups is 1. The molecule has 0 aliphatic carbocycles. The van der Waals surface area contributed by atoms with Crippen LogP contribution in [0.3, 0.4) is 0 Å². The fraction of sp³-hybridized carbons (Fsp3) is 0.444. The van der Waals surface area contributed by atoms with Gasteiger partial charge in [0.1, 0.15) is 12.4 Å². The Bertz CT molecular complexity index is 848. The molecule has 0 spiro atoms. The van der Waals surface area contributed by atoms with Crippen LogP contribution in [0.25, 0.3) is 0 Å². The third-order valence-electron chi connectivity index (χ3n) is 4.59. The zero-order valence-corrected chi connectivity index (χ0v) is 14.9. The van der Waals surface area contributed by atoms with Gasteiger partial charge >= 0.3 is 6.18 Å². The number of ether oxygens (including phenoxy) is 1. The number of carbonyl (C=O) groups excluding carboxylic acids is 1. The van der Waals surface area contributed by atoms with Gasteiger partial charge in [-0.3, -0.25) is 9.48 Å². The molecule has 1 amide bonds. The van der Waals surface area contributed by atoms with E-state index in [0.29, 0.717) is 17.0 Å². The number of halogens is 4. The average Bonchev–Trinajstić information content (AvgIpc) is 2.86. The SMILES string of the molecule is Cc1nn(CC(F)(F)F)c(C)c1C1COCCN1C(=O)c1ccccc1F.